The molecule has 4 heteroatoms. The smallest absolute Gasteiger partial charge is 0.168 e. The molecule has 0 atom stereocenters. The van der Waals surface area contributed by atoms with Gasteiger partial charge in [0, 0.05) is 0 Å². The molecule has 0 unspecified atom stereocenters. The summed E-state index contributed by atoms with van der Waals surface area (Å²) in [5, 5.41) is 0. The van der Waals surface area contributed by atoms with Crippen LogP contribution in [0.15, 0.2) is 24.3 Å². The van der Waals surface area contributed by atoms with Gasteiger partial charge in [0.15, 0.2) is 23.1 Å². The molecular formula is C24H30F2O2. The fourth-order valence-electron chi connectivity index (χ4n) is 3.77. The SMILES string of the molecule is CCCCCCCOc1ccc2c(c1F)CCc1c-2ccc(OCCC)c1F. The highest BCUT2D eigenvalue weighted by Gasteiger charge is 2.25. The van der Waals surface area contributed by atoms with Crippen LogP contribution < -0.4 is 9.47 Å². The Bertz CT molecular complexity index is 802. The molecule has 0 amide bonds. The van der Waals surface area contributed by atoms with Crippen LogP contribution in [0.3, 0.4) is 0 Å². The number of benzene rings is 2. The van der Waals surface area contributed by atoms with Crippen molar-refractivity contribution in [2.24, 2.45) is 0 Å². The number of halogens is 2. The quantitative estimate of drug-likeness (QED) is 0.414. The normalized spacial score (nSPS) is 12.4. The summed E-state index contributed by atoms with van der Waals surface area (Å²) in [4.78, 5) is 0. The van der Waals surface area contributed by atoms with Crippen molar-refractivity contribution in [2.45, 2.75) is 65.2 Å². The zero-order chi connectivity index (χ0) is 19.9. The molecule has 2 nitrogen and oxygen atoms in total. The maximum absolute atomic E-state index is 15.0. The molecule has 152 valence electrons. The maximum Gasteiger partial charge on any atom is 0.168 e. The van der Waals surface area contributed by atoms with E-state index in [0.717, 1.165) is 30.4 Å². The third-order valence-corrected chi connectivity index (χ3v) is 5.30. The molecule has 0 aromatic heterocycles. The Balaban J connectivity index is 1.75. The average Bonchev–Trinajstić information content (AvgIpc) is 2.71. The molecule has 0 fully saturated rings. The van der Waals surface area contributed by atoms with Gasteiger partial charge in [-0.2, -0.15) is 0 Å². The van der Waals surface area contributed by atoms with Crippen LogP contribution >= 0.6 is 0 Å². The summed E-state index contributed by atoms with van der Waals surface area (Å²) in [7, 11) is 0. The number of fused-ring (bicyclic) bond motifs is 3. The predicted octanol–water partition coefficient (Wildman–Crippen LogP) is 6.87. The highest BCUT2D eigenvalue weighted by molar-refractivity contribution is 5.75. The van der Waals surface area contributed by atoms with Gasteiger partial charge in [-0.25, -0.2) is 8.78 Å². The van der Waals surface area contributed by atoms with Crippen molar-refractivity contribution >= 4 is 0 Å². The van der Waals surface area contributed by atoms with Gasteiger partial charge in [-0.05, 0) is 60.1 Å². The van der Waals surface area contributed by atoms with Gasteiger partial charge >= 0.3 is 0 Å². The third-order valence-electron chi connectivity index (χ3n) is 5.30. The van der Waals surface area contributed by atoms with Crippen molar-refractivity contribution in [2.75, 3.05) is 13.2 Å². The van der Waals surface area contributed by atoms with Gasteiger partial charge in [0.25, 0.3) is 0 Å². The first-order valence-electron chi connectivity index (χ1n) is 10.6. The molecule has 0 N–H and O–H groups in total. The van der Waals surface area contributed by atoms with Gasteiger partial charge in [-0.3, -0.25) is 0 Å². The van der Waals surface area contributed by atoms with Crippen molar-refractivity contribution in [1.82, 2.24) is 0 Å². The fraction of sp³-hybridized carbons (Fsp3) is 0.500. The van der Waals surface area contributed by atoms with Gasteiger partial charge in [-0.15, -0.1) is 0 Å². The first kappa shape index (κ1) is 20.6. The molecule has 0 saturated heterocycles. The Hall–Kier alpha value is -2.10. The van der Waals surface area contributed by atoms with Gasteiger partial charge in [-0.1, -0.05) is 51.7 Å². The van der Waals surface area contributed by atoms with E-state index < -0.39 is 0 Å². The molecule has 2 aromatic rings. The summed E-state index contributed by atoms with van der Waals surface area (Å²) in [5.74, 6) is -0.0264. The molecule has 0 bridgehead atoms. The summed E-state index contributed by atoms with van der Waals surface area (Å²) in [6, 6.07) is 7.02. The van der Waals surface area contributed by atoms with Crippen LogP contribution in [-0.4, -0.2) is 13.2 Å². The van der Waals surface area contributed by atoms with Crippen LogP contribution in [-0.2, 0) is 12.8 Å². The van der Waals surface area contributed by atoms with Crippen molar-refractivity contribution < 1.29 is 18.3 Å². The molecule has 0 aliphatic heterocycles. The van der Waals surface area contributed by atoms with E-state index in [-0.39, 0.29) is 17.4 Å². The van der Waals surface area contributed by atoms with Crippen LogP contribution in [0.2, 0.25) is 0 Å². The monoisotopic (exact) mass is 388 g/mol. The Kier molecular flexibility index (Phi) is 7.30. The molecular weight excluding hydrogens is 358 g/mol. The number of rotatable bonds is 10. The van der Waals surface area contributed by atoms with Crippen molar-refractivity contribution in [1.29, 1.82) is 0 Å². The lowest BCUT2D eigenvalue weighted by atomic mass is 9.84. The number of ether oxygens (including phenoxy) is 2. The maximum atomic E-state index is 15.0. The van der Waals surface area contributed by atoms with Crippen molar-refractivity contribution in [3.63, 3.8) is 0 Å². The van der Waals surface area contributed by atoms with Crippen LogP contribution in [0.25, 0.3) is 11.1 Å². The number of unbranched alkanes of at least 4 members (excludes halogenated alkanes) is 4. The van der Waals surface area contributed by atoms with E-state index in [1.165, 1.54) is 19.3 Å². The second kappa shape index (κ2) is 9.90. The van der Waals surface area contributed by atoms with Crippen LogP contribution in [0.5, 0.6) is 11.5 Å². The highest BCUT2D eigenvalue weighted by atomic mass is 19.1. The standard InChI is InChI=1S/C24H30F2O2/c1-3-5-6-7-8-16-28-22-14-12-18-17-11-13-21(27-15-4-2)23(25)19(17)9-10-20(18)24(22)26/h11-14H,3-10,15-16H2,1-2H3. The summed E-state index contributed by atoms with van der Waals surface area (Å²) in [6.45, 7) is 5.19. The van der Waals surface area contributed by atoms with Gasteiger partial charge < -0.3 is 9.47 Å². The first-order valence-corrected chi connectivity index (χ1v) is 10.6. The van der Waals surface area contributed by atoms with E-state index in [2.05, 4.69) is 6.92 Å². The highest BCUT2D eigenvalue weighted by Crippen LogP contribution is 2.40. The molecule has 0 saturated carbocycles. The van der Waals surface area contributed by atoms with Gasteiger partial charge in [0.05, 0.1) is 13.2 Å². The lowest BCUT2D eigenvalue weighted by molar-refractivity contribution is 0.289. The largest absolute Gasteiger partial charge is 0.491 e. The van der Waals surface area contributed by atoms with Crippen LogP contribution in [0.4, 0.5) is 8.78 Å². The zero-order valence-corrected chi connectivity index (χ0v) is 17.0. The Morgan fingerprint density at radius 1 is 0.679 bits per heavy atom. The van der Waals surface area contributed by atoms with Crippen LogP contribution in [0.1, 0.15) is 63.5 Å². The molecule has 0 radical (unpaired) electrons. The minimum absolute atomic E-state index is 0.285. The summed E-state index contributed by atoms with van der Waals surface area (Å²) < 4.78 is 41.0. The predicted molar refractivity (Wildman–Crippen MR) is 109 cm³/mol. The van der Waals surface area contributed by atoms with Crippen molar-refractivity contribution in [3.05, 3.63) is 47.0 Å². The molecule has 0 spiro atoms. The number of hydrogen-bond acceptors (Lipinski definition) is 2. The third kappa shape index (κ3) is 4.48. The Morgan fingerprint density at radius 2 is 1.21 bits per heavy atom. The minimum Gasteiger partial charge on any atom is -0.491 e. The van der Waals surface area contributed by atoms with E-state index >= 15 is 0 Å². The molecule has 1 aliphatic rings. The number of hydrogen-bond donors (Lipinski definition) is 0. The minimum atomic E-state index is -0.315. The summed E-state index contributed by atoms with van der Waals surface area (Å²) in [6.07, 6.45) is 7.43. The summed E-state index contributed by atoms with van der Waals surface area (Å²) >= 11 is 0. The lowest BCUT2D eigenvalue weighted by Gasteiger charge is -2.23. The topological polar surface area (TPSA) is 18.5 Å². The summed E-state index contributed by atoms with van der Waals surface area (Å²) in [5.41, 5.74) is 2.75. The molecule has 0 heterocycles. The fourth-order valence-corrected chi connectivity index (χ4v) is 3.77. The van der Waals surface area contributed by atoms with Crippen molar-refractivity contribution in [3.8, 4) is 22.6 Å². The molecule has 2 aromatic carbocycles. The zero-order valence-electron chi connectivity index (χ0n) is 17.0. The second-order valence-electron chi connectivity index (χ2n) is 7.42. The van der Waals surface area contributed by atoms with E-state index in [9.17, 15) is 8.78 Å². The Labute approximate surface area is 166 Å². The molecule has 3 rings (SSSR count). The van der Waals surface area contributed by atoms with Gasteiger partial charge in [0.2, 0.25) is 0 Å². The van der Waals surface area contributed by atoms with E-state index in [1.54, 1.807) is 12.1 Å². The van der Waals surface area contributed by atoms with Crippen LogP contribution in [0, 0.1) is 11.6 Å². The molecule has 1 aliphatic carbocycles. The second-order valence-corrected chi connectivity index (χ2v) is 7.42. The molecule has 28 heavy (non-hydrogen) atoms. The van der Waals surface area contributed by atoms with E-state index in [4.69, 9.17) is 9.47 Å². The Morgan fingerprint density at radius 3 is 1.75 bits per heavy atom. The lowest BCUT2D eigenvalue weighted by Crippen LogP contribution is -2.11. The van der Waals surface area contributed by atoms with E-state index in [1.807, 2.05) is 19.1 Å². The average molecular weight is 388 g/mol. The van der Waals surface area contributed by atoms with Gasteiger partial charge in [0.1, 0.15) is 0 Å². The van der Waals surface area contributed by atoms with E-state index in [0.29, 0.717) is 42.9 Å². The first-order chi connectivity index (χ1) is 13.7.